The molecule has 5 nitrogen and oxygen atoms in total. The molecule has 1 unspecified atom stereocenters. The van der Waals surface area contributed by atoms with Crippen molar-refractivity contribution in [1.29, 1.82) is 0 Å². The second kappa shape index (κ2) is 5.25. The third-order valence-electron chi connectivity index (χ3n) is 2.32. The first-order chi connectivity index (χ1) is 7.56. The smallest absolute Gasteiger partial charge is 0.308 e. The van der Waals surface area contributed by atoms with Crippen LogP contribution in [-0.4, -0.2) is 18.0 Å². The van der Waals surface area contributed by atoms with Crippen molar-refractivity contribution in [1.82, 2.24) is 0 Å². The summed E-state index contributed by atoms with van der Waals surface area (Å²) in [5.41, 5.74) is 0.587. The van der Waals surface area contributed by atoms with Crippen LogP contribution in [0, 0.1) is 16.0 Å². The Balaban J connectivity index is 2.88. The lowest BCUT2D eigenvalue weighted by molar-refractivity contribution is -0.385. The fourth-order valence-corrected chi connectivity index (χ4v) is 1.48. The summed E-state index contributed by atoms with van der Waals surface area (Å²) < 4.78 is 4.58. The molecule has 0 saturated heterocycles. The molecule has 1 rings (SSSR count). The number of para-hydroxylation sites is 1. The highest BCUT2D eigenvalue weighted by atomic mass is 16.6. The first-order valence-corrected chi connectivity index (χ1v) is 4.86. The van der Waals surface area contributed by atoms with E-state index in [1.807, 2.05) is 0 Å². The molecule has 1 aromatic carbocycles. The molecular formula is C11H13NO4. The Kier molecular flexibility index (Phi) is 3.99. The Hall–Kier alpha value is -1.91. The summed E-state index contributed by atoms with van der Waals surface area (Å²) >= 11 is 0. The summed E-state index contributed by atoms with van der Waals surface area (Å²) in [7, 11) is 1.30. The molecule has 0 aliphatic rings. The van der Waals surface area contributed by atoms with Gasteiger partial charge in [-0.2, -0.15) is 0 Å². The van der Waals surface area contributed by atoms with E-state index in [1.54, 1.807) is 25.1 Å². The number of nitro benzene ring substituents is 1. The molecule has 0 bridgehead atoms. The molecule has 0 aliphatic carbocycles. The zero-order valence-electron chi connectivity index (χ0n) is 9.17. The molecule has 0 aromatic heterocycles. The fourth-order valence-electron chi connectivity index (χ4n) is 1.48. The van der Waals surface area contributed by atoms with E-state index in [-0.39, 0.29) is 17.6 Å². The first-order valence-electron chi connectivity index (χ1n) is 4.86. The molecule has 0 heterocycles. The summed E-state index contributed by atoms with van der Waals surface area (Å²) in [5.74, 6) is -0.746. The van der Waals surface area contributed by atoms with Crippen LogP contribution in [-0.2, 0) is 16.0 Å². The molecule has 5 heteroatoms. The van der Waals surface area contributed by atoms with Crippen LogP contribution >= 0.6 is 0 Å². The van der Waals surface area contributed by atoms with Gasteiger partial charge in [-0.05, 0) is 6.42 Å². The molecule has 16 heavy (non-hydrogen) atoms. The van der Waals surface area contributed by atoms with Crippen molar-refractivity contribution >= 4 is 11.7 Å². The highest BCUT2D eigenvalue weighted by Gasteiger charge is 2.19. The first kappa shape index (κ1) is 12.2. The van der Waals surface area contributed by atoms with E-state index in [0.29, 0.717) is 12.0 Å². The lowest BCUT2D eigenvalue weighted by Gasteiger charge is -2.08. The number of benzene rings is 1. The zero-order valence-corrected chi connectivity index (χ0v) is 9.17. The number of ether oxygens (including phenoxy) is 1. The van der Waals surface area contributed by atoms with Gasteiger partial charge in [-0.15, -0.1) is 0 Å². The predicted molar refractivity (Wildman–Crippen MR) is 58.0 cm³/mol. The van der Waals surface area contributed by atoms with Crippen molar-refractivity contribution in [3.63, 3.8) is 0 Å². The molecular weight excluding hydrogens is 210 g/mol. The standard InChI is InChI=1S/C11H13NO4/c1-8(11(13)16-2)7-9-5-3-4-6-10(9)12(14)15/h3-6,8H,7H2,1-2H3. The van der Waals surface area contributed by atoms with Crippen molar-refractivity contribution < 1.29 is 14.5 Å². The third-order valence-corrected chi connectivity index (χ3v) is 2.32. The van der Waals surface area contributed by atoms with E-state index < -0.39 is 4.92 Å². The van der Waals surface area contributed by atoms with Gasteiger partial charge in [-0.3, -0.25) is 14.9 Å². The van der Waals surface area contributed by atoms with E-state index >= 15 is 0 Å². The highest BCUT2D eigenvalue weighted by molar-refractivity contribution is 5.72. The van der Waals surface area contributed by atoms with Crippen molar-refractivity contribution in [3.05, 3.63) is 39.9 Å². The molecule has 0 aliphatic heterocycles. The highest BCUT2D eigenvalue weighted by Crippen LogP contribution is 2.21. The Labute approximate surface area is 93.2 Å². The average molecular weight is 223 g/mol. The van der Waals surface area contributed by atoms with Gasteiger partial charge in [0.25, 0.3) is 5.69 Å². The number of nitro groups is 1. The van der Waals surface area contributed by atoms with Crippen LogP contribution in [0.2, 0.25) is 0 Å². The van der Waals surface area contributed by atoms with Gasteiger partial charge in [-0.1, -0.05) is 25.1 Å². The Morgan fingerprint density at radius 1 is 1.50 bits per heavy atom. The number of hydrogen-bond donors (Lipinski definition) is 0. The molecule has 0 amide bonds. The molecule has 1 atom stereocenters. The second-order valence-electron chi connectivity index (χ2n) is 3.51. The second-order valence-corrected chi connectivity index (χ2v) is 3.51. The maximum absolute atomic E-state index is 11.2. The van der Waals surface area contributed by atoms with Gasteiger partial charge in [0.05, 0.1) is 18.0 Å². The van der Waals surface area contributed by atoms with Gasteiger partial charge >= 0.3 is 5.97 Å². The fraction of sp³-hybridized carbons (Fsp3) is 0.364. The number of methoxy groups -OCH3 is 1. The Bertz CT molecular complexity index is 403. The van der Waals surface area contributed by atoms with Crippen molar-refractivity contribution in [2.45, 2.75) is 13.3 Å². The van der Waals surface area contributed by atoms with Crippen LogP contribution < -0.4 is 0 Å². The normalized spacial score (nSPS) is 11.9. The number of carbonyl (C=O) groups is 1. The van der Waals surface area contributed by atoms with Crippen LogP contribution in [0.4, 0.5) is 5.69 Å². The van der Waals surface area contributed by atoms with Gasteiger partial charge < -0.3 is 4.74 Å². The minimum absolute atomic E-state index is 0.0400. The predicted octanol–water partition coefficient (Wildman–Crippen LogP) is 1.95. The molecule has 0 radical (unpaired) electrons. The molecule has 0 spiro atoms. The van der Waals surface area contributed by atoms with E-state index in [0.717, 1.165) is 0 Å². The third kappa shape index (κ3) is 2.79. The minimum atomic E-state index is -0.445. The van der Waals surface area contributed by atoms with Gasteiger partial charge in [0, 0.05) is 11.6 Å². The minimum Gasteiger partial charge on any atom is -0.469 e. The largest absolute Gasteiger partial charge is 0.469 e. The number of nitrogens with zero attached hydrogens (tertiary/aromatic N) is 1. The monoisotopic (exact) mass is 223 g/mol. The van der Waals surface area contributed by atoms with E-state index in [2.05, 4.69) is 4.74 Å². The number of rotatable bonds is 4. The average Bonchev–Trinajstić information content (AvgIpc) is 2.28. The Morgan fingerprint density at radius 2 is 2.12 bits per heavy atom. The van der Waals surface area contributed by atoms with Crippen LogP contribution in [0.5, 0.6) is 0 Å². The Morgan fingerprint density at radius 3 is 2.69 bits per heavy atom. The summed E-state index contributed by atoms with van der Waals surface area (Å²) in [5, 5.41) is 10.7. The lowest BCUT2D eigenvalue weighted by Crippen LogP contribution is -2.15. The molecule has 0 N–H and O–H groups in total. The molecule has 1 aromatic rings. The van der Waals surface area contributed by atoms with Crippen molar-refractivity contribution in [2.75, 3.05) is 7.11 Å². The summed E-state index contributed by atoms with van der Waals surface area (Å²) in [6.07, 6.45) is 0.309. The van der Waals surface area contributed by atoms with Crippen molar-refractivity contribution in [3.8, 4) is 0 Å². The van der Waals surface area contributed by atoms with Gasteiger partial charge in [0.1, 0.15) is 0 Å². The van der Waals surface area contributed by atoms with Gasteiger partial charge in [0.15, 0.2) is 0 Å². The van der Waals surface area contributed by atoms with Crippen LogP contribution in [0.3, 0.4) is 0 Å². The molecule has 0 saturated carbocycles. The quantitative estimate of drug-likeness (QED) is 0.444. The number of hydrogen-bond acceptors (Lipinski definition) is 4. The summed E-state index contributed by atoms with van der Waals surface area (Å²) in [6, 6.07) is 6.40. The van der Waals surface area contributed by atoms with Crippen LogP contribution in [0.25, 0.3) is 0 Å². The molecule has 86 valence electrons. The van der Waals surface area contributed by atoms with Crippen LogP contribution in [0.1, 0.15) is 12.5 Å². The maximum Gasteiger partial charge on any atom is 0.308 e. The van der Waals surface area contributed by atoms with E-state index in [9.17, 15) is 14.9 Å². The van der Waals surface area contributed by atoms with E-state index in [1.165, 1.54) is 13.2 Å². The van der Waals surface area contributed by atoms with Crippen LogP contribution in [0.15, 0.2) is 24.3 Å². The zero-order chi connectivity index (χ0) is 12.1. The summed E-state index contributed by atoms with van der Waals surface area (Å²) in [6.45, 7) is 1.68. The van der Waals surface area contributed by atoms with E-state index in [4.69, 9.17) is 0 Å². The van der Waals surface area contributed by atoms with Gasteiger partial charge in [0.2, 0.25) is 0 Å². The summed E-state index contributed by atoms with van der Waals surface area (Å²) in [4.78, 5) is 21.5. The van der Waals surface area contributed by atoms with Gasteiger partial charge in [-0.25, -0.2) is 0 Å². The number of carbonyl (C=O) groups excluding carboxylic acids is 1. The SMILES string of the molecule is COC(=O)C(C)Cc1ccccc1[N+](=O)[O-]. The lowest BCUT2D eigenvalue weighted by atomic mass is 10.00. The molecule has 0 fully saturated rings. The number of esters is 1. The maximum atomic E-state index is 11.2. The topological polar surface area (TPSA) is 69.4 Å². The van der Waals surface area contributed by atoms with Crippen molar-refractivity contribution in [2.24, 2.45) is 5.92 Å².